The number of nitrogens with two attached hydrogens (primary N) is 1. The molecule has 19 heavy (non-hydrogen) atoms. The molecule has 1 saturated carbocycles. The zero-order valence-electron chi connectivity index (χ0n) is 10.3. The Hall–Kier alpha value is -2.30. The first-order chi connectivity index (χ1) is 9.15. The van der Waals surface area contributed by atoms with Gasteiger partial charge in [-0.3, -0.25) is 4.79 Å². The lowest BCUT2D eigenvalue weighted by Crippen LogP contribution is -2.17. The Bertz CT molecular complexity index is 631. The van der Waals surface area contributed by atoms with Gasteiger partial charge in [0.15, 0.2) is 0 Å². The van der Waals surface area contributed by atoms with E-state index < -0.39 is 5.82 Å². The summed E-state index contributed by atoms with van der Waals surface area (Å²) in [7, 11) is 0. The first kappa shape index (κ1) is 11.8. The lowest BCUT2D eigenvalue weighted by Gasteiger charge is -2.10. The molecular formula is C14H14FN3O. The monoisotopic (exact) mass is 259 g/mol. The number of hydrogen-bond donors (Lipinski definition) is 2. The highest BCUT2D eigenvalue weighted by Gasteiger charge is 2.26. The molecule has 0 bridgehead atoms. The van der Waals surface area contributed by atoms with Gasteiger partial charge < -0.3 is 15.6 Å². The summed E-state index contributed by atoms with van der Waals surface area (Å²) in [6, 6.07) is 8.07. The van der Waals surface area contributed by atoms with Crippen LogP contribution in [-0.4, -0.2) is 10.5 Å². The fourth-order valence-electron chi connectivity index (χ4n) is 2.08. The van der Waals surface area contributed by atoms with E-state index in [1.165, 1.54) is 18.2 Å². The number of hydrogen-bond acceptors (Lipinski definition) is 2. The second-order valence-electron chi connectivity index (χ2n) is 4.73. The molecule has 1 aliphatic carbocycles. The summed E-state index contributed by atoms with van der Waals surface area (Å²) >= 11 is 0. The Balaban J connectivity index is 1.84. The number of rotatable bonds is 3. The number of carbonyl (C=O) groups excluding carboxylic acids is 1. The van der Waals surface area contributed by atoms with Crippen LogP contribution in [0, 0.1) is 5.82 Å². The molecule has 4 nitrogen and oxygen atoms in total. The Morgan fingerprint density at radius 2 is 2.16 bits per heavy atom. The molecule has 0 saturated heterocycles. The maximum atomic E-state index is 13.6. The quantitative estimate of drug-likeness (QED) is 0.833. The van der Waals surface area contributed by atoms with Crippen LogP contribution in [0.5, 0.6) is 0 Å². The number of anilines is 2. The lowest BCUT2D eigenvalue weighted by molar-refractivity contribution is 0.101. The Kier molecular flexibility index (Phi) is 2.74. The van der Waals surface area contributed by atoms with Gasteiger partial charge in [0.05, 0.1) is 5.69 Å². The summed E-state index contributed by atoms with van der Waals surface area (Å²) in [5.74, 6) is -0.812. The number of carbonyl (C=O) groups is 1. The lowest BCUT2D eigenvalue weighted by atomic mass is 10.2. The number of amides is 1. The number of benzene rings is 1. The number of nitrogen functional groups attached to an aromatic ring is 1. The number of nitrogens with one attached hydrogen (secondary N) is 1. The molecular weight excluding hydrogens is 245 g/mol. The number of nitrogens with zero attached hydrogens (tertiary/aromatic N) is 1. The number of aromatic nitrogens is 1. The van der Waals surface area contributed by atoms with Crippen molar-refractivity contribution in [3.8, 4) is 0 Å². The highest BCUT2D eigenvalue weighted by molar-refractivity contribution is 6.03. The predicted molar refractivity (Wildman–Crippen MR) is 71.5 cm³/mol. The summed E-state index contributed by atoms with van der Waals surface area (Å²) in [6.07, 6.45) is 4.05. The minimum atomic E-state index is -0.493. The van der Waals surface area contributed by atoms with Gasteiger partial charge in [-0.2, -0.15) is 0 Å². The summed E-state index contributed by atoms with van der Waals surface area (Å²) < 4.78 is 15.5. The Labute approximate surface area is 110 Å². The van der Waals surface area contributed by atoms with E-state index in [4.69, 9.17) is 5.73 Å². The highest BCUT2D eigenvalue weighted by Crippen LogP contribution is 2.36. The van der Waals surface area contributed by atoms with E-state index in [1.54, 1.807) is 6.07 Å². The minimum Gasteiger partial charge on any atom is -0.399 e. The first-order valence-corrected chi connectivity index (χ1v) is 6.18. The summed E-state index contributed by atoms with van der Waals surface area (Å²) in [4.78, 5) is 12.2. The van der Waals surface area contributed by atoms with Crippen LogP contribution < -0.4 is 11.1 Å². The van der Waals surface area contributed by atoms with Gasteiger partial charge in [-0.25, -0.2) is 4.39 Å². The van der Waals surface area contributed by atoms with E-state index in [0.29, 0.717) is 17.4 Å². The molecule has 0 spiro atoms. The van der Waals surface area contributed by atoms with Crippen LogP contribution in [0.15, 0.2) is 36.5 Å². The molecule has 0 aliphatic heterocycles. The Morgan fingerprint density at radius 1 is 1.37 bits per heavy atom. The molecule has 3 rings (SSSR count). The van der Waals surface area contributed by atoms with Crippen LogP contribution in [0.2, 0.25) is 0 Å². The van der Waals surface area contributed by atoms with Crippen LogP contribution in [0.25, 0.3) is 0 Å². The van der Waals surface area contributed by atoms with E-state index >= 15 is 0 Å². The van der Waals surface area contributed by atoms with Crippen LogP contribution in [0.4, 0.5) is 15.8 Å². The van der Waals surface area contributed by atoms with Gasteiger partial charge in [0, 0.05) is 17.9 Å². The largest absolute Gasteiger partial charge is 0.399 e. The Morgan fingerprint density at radius 3 is 2.89 bits per heavy atom. The number of halogens is 1. The fourth-order valence-corrected chi connectivity index (χ4v) is 2.08. The van der Waals surface area contributed by atoms with Gasteiger partial charge in [0.25, 0.3) is 5.91 Å². The molecule has 3 N–H and O–H groups in total. The van der Waals surface area contributed by atoms with Gasteiger partial charge >= 0.3 is 0 Å². The van der Waals surface area contributed by atoms with Crippen molar-refractivity contribution in [2.75, 3.05) is 11.1 Å². The van der Waals surface area contributed by atoms with Gasteiger partial charge in [-0.05, 0) is 43.2 Å². The second-order valence-corrected chi connectivity index (χ2v) is 4.73. The molecule has 2 aromatic rings. The van der Waals surface area contributed by atoms with E-state index in [2.05, 4.69) is 5.32 Å². The maximum Gasteiger partial charge on any atom is 0.272 e. The van der Waals surface area contributed by atoms with Crippen LogP contribution in [0.3, 0.4) is 0 Å². The summed E-state index contributed by atoms with van der Waals surface area (Å²) in [5, 5.41) is 2.56. The third-order valence-corrected chi connectivity index (χ3v) is 3.19. The molecule has 0 atom stereocenters. The van der Waals surface area contributed by atoms with Crippen molar-refractivity contribution < 1.29 is 9.18 Å². The van der Waals surface area contributed by atoms with E-state index in [9.17, 15) is 9.18 Å². The average molecular weight is 259 g/mol. The van der Waals surface area contributed by atoms with Crippen molar-refractivity contribution in [2.45, 2.75) is 18.9 Å². The standard InChI is InChI=1S/C14H14FN3O/c15-11-6-3-9(16)8-12(11)17-14(19)13-2-1-7-18(13)10-4-5-10/h1-3,6-8,10H,4-5,16H2,(H,17,19). The van der Waals surface area contributed by atoms with E-state index in [-0.39, 0.29) is 11.6 Å². The van der Waals surface area contributed by atoms with E-state index in [0.717, 1.165) is 12.8 Å². The van der Waals surface area contributed by atoms with Crippen molar-refractivity contribution in [3.05, 3.63) is 48.0 Å². The SMILES string of the molecule is Nc1ccc(F)c(NC(=O)c2cccn2C2CC2)c1. The average Bonchev–Trinajstić information content (AvgIpc) is 3.11. The zero-order valence-corrected chi connectivity index (χ0v) is 10.3. The minimum absolute atomic E-state index is 0.105. The van der Waals surface area contributed by atoms with Crippen molar-refractivity contribution in [3.63, 3.8) is 0 Å². The van der Waals surface area contributed by atoms with Crippen molar-refractivity contribution in [2.24, 2.45) is 0 Å². The molecule has 1 aliphatic rings. The van der Waals surface area contributed by atoms with Gasteiger partial charge in [0.1, 0.15) is 11.5 Å². The van der Waals surface area contributed by atoms with E-state index in [1.807, 2.05) is 16.8 Å². The maximum absolute atomic E-state index is 13.6. The molecule has 1 amide bonds. The third kappa shape index (κ3) is 2.31. The molecule has 1 fully saturated rings. The normalized spacial score (nSPS) is 14.4. The van der Waals surface area contributed by atoms with Gasteiger partial charge in [0.2, 0.25) is 0 Å². The predicted octanol–water partition coefficient (Wildman–Crippen LogP) is 2.80. The van der Waals surface area contributed by atoms with Crippen LogP contribution in [-0.2, 0) is 0 Å². The summed E-state index contributed by atoms with van der Waals surface area (Å²) in [5.41, 5.74) is 6.65. The molecule has 1 aromatic heterocycles. The highest BCUT2D eigenvalue weighted by atomic mass is 19.1. The second kappa shape index (κ2) is 4.42. The third-order valence-electron chi connectivity index (χ3n) is 3.19. The smallest absolute Gasteiger partial charge is 0.272 e. The van der Waals surface area contributed by atoms with Crippen molar-refractivity contribution in [1.29, 1.82) is 0 Å². The van der Waals surface area contributed by atoms with Gasteiger partial charge in [-0.15, -0.1) is 0 Å². The molecule has 1 aromatic carbocycles. The molecule has 98 valence electrons. The molecule has 1 heterocycles. The topological polar surface area (TPSA) is 60.0 Å². The van der Waals surface area contributed by atoms with Crippen molar-refractivity contribution >= 4 is 17.3 Å². The van der Waals surface area contributed by atoms with Gasteiger partial charge in [-0.1, -0.05) is 0 Å². The molecule has 5 heteroatoms. The molecule has 0 radical (unpaired) electrons. The first-order valence-electron chi connectivity index (χ1n) is 6.18. The summed E-state index contributed by atoms with van der Waals surface area (Å²) in [6.45, 7) is 0. The molecule has 0 unspecified atom stereocenters. The van der Waals surface area contributed by atoms with Crippen molar-refractivity contribution in [1.82, 2.24) is 4.57 Å². The zero-order chi connectivity index (χ0) is 13.4. The van der Waals surface area contributed by atoms with Crippen LogP contribution in [0.1, 0.15) is 29.4 Å². The fraction of sp³-hybridized carbons (Fsp3) is 0.214. The van der Waals surface area contributed by atoms with Crippen LogP contribution >= 0.6 is 0 Å².